The number of unbranched alkanes of at least 4 members (excludes halogenated alkanes) is 1. The number of hydrogen-bond acceptors (Lipinski definition) is 2. The highest BCUT2D eigenvalue weighted by Gasteiger charge is 2.03. The van der Waals surface area contributed by atoms with Crippen molar-refractivity contribution in [3.05, 3.63) is 0 Å². The van der Waals surface area contributed by atoms with E-state index in [1.807, 2.05) is 0 Å². The molecule has 0 amide bonds. The lowest BCUT2D eigenvalue weighted by Gasteiger charge is -2.14. The topological polar surface area (TPSA) is 32.3 Å². The molecule has 12 heavy (non-hydrogen) atoms. The molecular weight excluding hydrogens is 150 g/mol. The van der Waals surface area contributed by atoms with Crippen LogP contribution in [-0.4, -0.2) is 24.8 Å². The normalized spacial score (nSPS) is 13.2. The Morgan fingerprint density at radius 3 is 2.58 bits per heavy atom. The fourth-order valence-corrected chi connectivity index (χ4v) is 1.33. The second-order valence-corrected chi connectivity index (χ2v) is 3.34. The van der Waals surface area contributed by atoms with Gasteiger partial charge >= 0.3 is 0 Å². The third-order valence-corrected chi connectivity index (χ3v) is 2.26. The molecule has 0 aliphatic heterocycles. The van der Waals surface area contributed by atoms with Crippen LogP contribution in [0.15, 0.2) is 0 Å². The van der Waals surface area contributed by atoms with Gasteiger partial charge in [-0.3, -0.25) is 0 Å². The van der Waals surface area contributed by atoms with E-state index in [-0.39, 0.29) is 6.61 Å². The molecule has 0 aliphatic rings. The number of hydrogen-bond donors (Lipinski definition) is 2. The van der Waals surface area contributed by atoms with Crippen LogP contribution < -0.4 is 5.32 Å². The standard InChI is InChI=1S/C10H23NO/c1-3-5-6-10(4-2)9-11-7-8-12/h10-12H,3-9H2,1-2H3/t10-/m1/s1. The predicted octanol–water partition coefficient (Wildman–Crippen LogP) is 1.78. The maximum Gasteiger partial charge on any atom is 0.0555 e. The molecule has 0 rings (SSSR count). The fraction of sp³-hybridized carbons (Fsp3) is 1.00. The van der Waals surface area contributed by atoms with Crippen molar-refractivity contribution in [2.45, 2.75) is 39.5 Å². The first-order valence-electron chi connectivity index (χ1n) is 5.16. The highest BCUT2D eigenvalue weighted by Crippen LogP contribution is 2.10. The molecule has 2 nitrogen and oxygen atoms in total. The lowest BCUT2D eigenvalue weighted by atomic mass is 9.99. The molecule has 0 spiro atoms. The SMILES string of the molecule is CCCC[C@@H](CC)CNCCO. The van der Waals surface area contributed by atoms with Crippen LogP contribution >= 0.6 is 0 Å². The van der Waals surface area contributed by atoms with Crippen LogP contribution in [0.25, 0.3) is 0 Å². The summed E-state index contributed by atoms with van der Waals surface area (Å²) >= 11 is 0. The molecule has 0 bridgehead atoms. The third kappa shape index (κ3) is 6.62. The van der Waals surface area contributed by atoms with Gasteiger partial charge in [-0.15, -0.1) is 0 Å². The van der Waals surface area contributed by atoms with Gasteiger partial charge < -0.3 is 10.4 Å². The van der Waals surface area contributed by atoms with Crippen molar-refractivity contribution in [3.8, 4) is 0 Å². The van der Waals surface area contributed by atoms with Crippen LogP contribution in [0.4, 0.5) is 0 Å². The Labute approximate surface area is 76.4 Å². The Hall–Kier alpha value is -0.0800. The Bertz CT molecular complexity index is 85.9. The van der Waals surface area contributed by atoms with E-state index in [9.17, 15) is 0 Å². The molecule has 2 heteroatoms. The van der Waals surface area contributed by atoms with E-state index in [1.54, 1.807) is 0 Å². The molecule has 0 heterocycles. The van der Waals surface area contributed by atoms with Gasteiger partial charge in [0.25, 0.3) is 0 Å². The quantitative estimate of drug-likeness (QED) is 0.548. The van der Waals surface area contributed by atoms with E-state index < -0.39 is 0 Å². The number of aliphatic hydroxyl groups excluding tert-OH is 1. The van der Waals surface area contributed by atoms with Crippen molar-refractivity contribution in [1.29, 1.82) is 0 Å². The van der Waals surface area contributed by atoms with E-state index in [1.165, 1.54) is 25.7 Å². The zero-order chi connectivity index (χ0) is 9.23. The van der Waals surface area contributed by atoms with Gasteiger partial charge in [-0.2, -0.15) is 0 Å². The van der Waals surface area contributed by atoms with Crippen LogP contribution in [0, 0.1) is 5.92 Å². The van der Waals surface area contributed by atoms with Gasteiger partial charge in [-0.25, -0.2) is 0 Å². The van der Waals surface area contributed by atoms with Crippen molar-refractivity contribution in [3.63, 3.8) is 0 Å². The summed E-state index contributed by atoms with van der Waals surface area (Å²) in [5.41, 5.74) is 0. The second-order valence-electron chi connectivity index (χ2n) is 3.34. The van der Waals surface area contributed by atoms with Gasteiger partial charge in [0.15, 0.2) is 0 Å². The van der Waals surface area contributed by atoms with Gasteiger partial charge in [-0.05, 0) is 18.9 Å². The van der Waals surface area contributed by atoms with E-state index in [0.29, 0.717) is 0 Å². The van der Waals surface area contributed by atoms with Gasteiger partial charge in [0.2, 0.25) is 0 Å². The van der Waals surface area contributed by atoms with Crippen molar-refractivity contribution in [2.75, 3.05) is 19.7 Å². The van der Waals surface area contributed by atoms with E-state index in [2.05, 4.69) is 19.2 Å². The molecule has 0 saturated carbocycles. The van der Waals surface area contributed by atoms with Crippen LogP contribution in [0.3, 0.4) is 0 Å². The van der Waals surface area contributed by atoms with Crippen LogP contribution in [0.5, 0.6) is 0 Å². The highest BCUT2D eigenvalue weighted by molar-refractivity contribution is 4.60. The maximum atomic E-state index is 8.57. The molecule has 0 aromatic rings. The largest absolute Gasteiger partial charge is 0.395 e. The molecule has 74 valence electrons. The van der Waals surface area contributed by atoms with Crippen LogP contribution in [-0.2, 0) is 0 Å². The molecule has 0 saturated heterocycles. The Morgan fingerprint density at radius 1 is 1.33 bits per heavy atom. The van der Waals surface area contributed by atoms with Crippen LogP contribution in [0.1, 0.15) is 39.5 Å². The lowest BCUT2D eigenvalue weighted by Crippen LogP contribution is -2.25. The second kappa shape index (κ2) is 9.01. The first-order valence-corrected chi connectivity index (χ1v) is 5.16. The summed E-state index contributed by atoms with van der Waals surface area (Å²) < 4.78 is 0. The summed E-state index contributed by atoms with van der Waals surface area (Å²) in [4.78, 5) is 0. The first kappa shape index (κ1) is 11.9. The first-order chi connectivity index (χ1) is 5.85. The van der Waals surface area contributed by atoms with Crippen molar-refractivity contribution >= 4 is 0 Å². The summed E-state index contributed by atoms with van der Waals surface area (Å²) in [5, 5.41) is 11.8. The molecule has 0 fully saturated rings. The molecule has 0 radical (unpaired) electrons. The summed E-state index contributed by atoms with van der Waals surface area (Å²) in [7, 11) is 0. The Balaban J connectivity index is 3.26. The summed E-state index contributed by atoms with van der Waals surface area (Å²) in [6.07, 6.45) is 5.19. The van der Waals surface area contributed by atoms with Crippen molar-refractivity contribution in [2.24, 2.45) is 5.92 Å². The maximum absolute atomic E-state index is 8.57. The Kier molecular flexibility index (Phi) is 8.95. The zero-order valence-corrected chi connectivity index (χ0v) is 8.47. The summed E-state index contributed by atoms with van der Waals surface area (Å²) in [6.45, 7) is 6.53. The monoisotopic (exact) mass is 173 g/mol. The van der Waals surface area contributed by atoms with E-state index in [4.69, 9.17) is 5.11 Å². The molecule has 0 aromatic heterocycles. The van der Waals surface area contributed by atoms with E-state index >= 15 is 0 Å². The number of nitrogens with one attached hydrogen (secondary N) is 1. The minimum Gasteiger partial charge on any atom is -0.395 e. The minimum atomic E-state index is 0.254. The summed E-state index contributed by atoms with van der Waals surface area (Å²) in [5.74, 6) is 0.802. The van der Waals surface area contributed by atoms with Gasteiger partial charge in [0.05, 0.1) is 6.61 Å². The van der Waals surface area contributed by atoms with Gasteiger partial charge in [-0.1, -0.05) is 33.1 Å². The highest BCUT2D eigenvalue weighted by atomic mass is 16.3. The molecule has 1 atom stereocenters. The number of rotatable bonds is 8. The fourth-order valence-electron chi connectivity index (χ4n) is 1.33. The van der Waals surface area contributed by atoms with Crippen molar-refractivity contribution in [1.82, 2.24) is 5.32 Å². The van der Waals surface area contributed by atoms with Crippen LogP contribution in [0.2, 0.25) is 0 Å². The molecule has 0 unspecified atom stereocenters. The van der Waals surface area contributed by atoms with Gasteiger partial charge in [0, 0.05) is 6.54 Å². The smallest absolute Gasteiger partial charge is 0.0555 e. The molecule has 0 aliphatic carbocycles. The zero-order valence-electron chi connectivity index (χ0n) is 8.47. The van der Waals surface area contributed by atoms with Crippen molar-refractivity contribution < 1.29 is 5.11 Å². The average Bonchev–Trinajstić information content (AvgIpc) is 2.11. The van der Waals surface area contributed by atoms with E-state index in [0.717, 1.165) is 19.0 Å². The van der Waals surface area contributed by atoms with Gasteiger partial charge in [0.1, 0.15) is 0 Å². The minimum absolute atomic E-state index is 0.254. The lowest BCUT2D eigenvalue weighted by molar-refractivity contribution is 0.285. The number of aliphatic hydroxyl groups is 1. The molecule has 2 N–H and O–H groups in total. The summed E-state index contributed by atoms with van der Waals surface area (Å²) in [6, 6.07) is 0. The molecular formula is C10H23NO. The molecule has 0 aromatic carbocycles. The predicted molar refractivity (Wildman–Crippen MR) is 53.3 cm³/mol. The third-order valence-electron chi connectivity index (χ3n) is 2.26. The average molecular weight is 173 g/mol. The Morgan fingerprint density at radius 2 is 2.08 bits per heavy atom.